The lowest BCUT2D eigenvalue weighted by atomic mass is 10.1. The highest BCUT2D eigenvalue weighted by Gasteiger charge is 2.19. The van der Waals surface area contributed by atoms with Crippen LogP contribution >= 0.6 is 0 Å². The van der Waals surface area contributed by atoms with Gasteiger partial charge in [0, 0.05) is 12.5 Å². The predicted molar refractivity (Wildman–Crippen MR) is 82.7 cm³/mol. The van der Waals surface area contributed by atoms with Crippen molar-refractivity contribution in [2.75, 3.05) is 0 Å². The van der Waals surface area contributed by atoms with Crippen LogP contribution in [0.4, 0.5) is 0 Å². The maximum absolute atomic E-state index is 11.6. The second-order valence-electron chi connectivity index (χ2n) is 4.69. The Kier molecular flexibility index (Phi) is 5.63. The zero-order valence-electron chi connectivity index (χ0n) is 11.9. The molecule has 1 N–H and O–H groups in total. The number of aliphatic hydroxyl groups is 1. The van der Waals surface area contributed by atoms with E-state index in [1.807, 2.05) is 36.4 Å². The van der Waals surface area contributed by atoms with E-state index < -0.39 is 18.0 Å². The summed E-state index contributed by atoms with van der Waals surface area (Å²) in [4.78, 5) is 23.2. The third-order valence-corrected chi connectivity index (χ3v) is 2.96. The molecular weight excluding hydrogens is 280 g/mol. The second kappa shape index (κ2) is 7.90. The van der Waals surface area contributed by atoms with Crippen molar-refractivity contribution in [3.63, 3.8) is 0 Å². The first-order valence-corrected chi connectivity index (χ1v) is 6.86. The first-order valence-electron chi connectivity index (χ1n) is 6.86. The molecule has 0 fully saturated rings. The fourth-order valence-corrected chi connectivity index (χ4v) is 1.85. The number of benzene rings is 2. The summed E-state index contributed by atoms with van der Waals surface area (Å²) in [5.74, 6) is -1.76. The topological polar surface area (TPSA) is 63.6 Å². The van der Waals surface area contributed by atoms with Crippen LogP contribution in [-0.2, 0) is 20.7 Å². The Hall–Kier alpha value is -2.72. The molecule has 2 rings (SSSR count). The van der Waals surface area contributed by atoms with Crippen LogP contribution in [0, 0.1) is 0 Å². The minimum absolute atomic E-state index is 0.107. The maximum atomic E-state index is 11.6. The van der Waals surface area contributed by atoms with Gasteiger partial charge >= 0.3 is 11.9 Å². The highest BCUT2D eigenvalue weighted by molar-refractivity contribution is 5.96. The number of hydrogen-bond acceptors (Lipinski definition) is 4. The number of carbonyl (C=O) groups is 2. The van der Waals surface area contributed by atoms with Crippen LogP contribution < -0.4 is 0 Å². The van der Waals surface area contributed by atoms with E-state index in [1.165, 1.54) is 0 Å². The fourth-order valence-electron chi connectivity index (χ4n) is 1.85. The van der Waals surface area contributed by atoms with E-state index in [9.17, 15) is 14.7 Å². The molecule has 0 radical (unpaired) electrons. The molecule has 0 aliphatic rings. The zero-order chi connectivity index (χ0) is 15.8. The SMILES string of the molecule is O=C(C=Cc1ccccc1)OC(=O)C(O)Cc1ccccc1. The standard InChI is InChI=1S/C18H16O4/c19-16(13-15-9-5-2-6-10-15)18(21)22-17(20)12-11-14-7-3-1-4-8-14/h1-12,16,19H,13H2. The van der Waals surface area contributed by atoms with Crippen molar-refractivity contribution in [1.82, 2.24) is 0 Å². The molecule has 0 heterocycles. The normalized spacial score (nSPS) is 12.0. The highest BCUT2D eigenvalue weighted by Crippen LogP contribution is 2.05. The van der Waals surface area contributed by atoms with Gasteiger partial charge in [-0.05, 0) is 17.2 Å². The molecule has 1 unspecified atom stereocenters. The van der Waals surface area contributed by atoms with E-state index in [1.54, 1.807) is 30.3 Å². The Morgan fingerprint density at radius 2 is 1.59 bits per heavy atom. The van der Waals surface area contributed by atoms with Crippen LogP contribution in [0.3, 0.4) is 0 Å². The van der Waals surface area contributed by atoms with E-state index in [2.05, 4.69) is 4.74 Å². The molecule has 2 aromatic rings. The van der Waals surface area contributed by atoms with Crippen molar-refractivity contribution in [3.05, 3.63) is 77.9 Å². The van der Waals surface area contributed by atoms with E-state index >= 15 is 0 Å². The summed E-state index contributed by atoms with van der Waals surface area (Å²) in [5, 5.41) is 9.75. The summed E-state index contributed by atoms with van der Waals surface area (Å²) in [7, 11) is 0. The third kappa shape index (κ3) is 5.00. The van der Waals surface area contributed by atoms with E-state index in [4.69, 9.17) is 0 Å². The Labute approximate surface area is 128 Å². The number of carbonyl (C=O) groups excluding carboxylic acids is 2. The van der Waals surface area contributed by atoms with E-state index in [-0.39, 0.29) is 6.42 Å². The summed E-state index contributed by atoms with van der Waals surface area (Å²) in [6.45, 7) is 0. The lowest BCUT2D eigenvalue weighted by Gasteiger charge is -2.08. The van der Waals surface area contributed by atoms with Crippen molar-refractivity contribution in [2.24, 2.45) is 0 Å². The summed E-state index contributed by atoms with van der Waals surface area (Å²) >= 11 is 0. The van der Waals surface area contributed by atoms with Gasteiger partial charge in [-0.3, -0.25) is 0 Å². The van der Waals surface area contributed by atoms with Gasteiger partial charge in [-0.2, -0.15) is 0 Å². The molecule has 2 aromatic carbocycles. The molecule has 112 valence electrons. The molecule has 22 heavy (non-hydrogen) atoms. The Bertz CT molecular complexity index is 647. The average Bonchev–Trinajstić information content (AvgIpc) is 2.55. The quantitative estimate of drug-likeness (QED) is 0.523. The van der Waals surface area contributed by atoms with Crippen LogP contribution in [0.15, 0.2) is 66.7 Å². The van der Waals surface area contributed by atoms with Crippen LogP contribution in [0.1, 0.15) is 11.1 Å². The maximum Gasteiger partial charge on any atom is 0.343 e. The molecule has 0 bridgehead atoms. The van der Waals surface area contributed by atoms with Gasteiger partial charge in [-0.1, -0.05) is 60.7 Å². The molecule has 0 spiro atoms. The minimum atomic E-state index is -1.36. The Morgan fingerprint density at radius 1 is 1.00 bits per heavy atom. The zero-order valence-corrected chi connectivity index (χ0v) is 11.9. The molecule has 0 amide bonds. The molecule has 0 saturated heterocycles. The van der Waals surface area contributed by atoms with Gasteiger partial charge in [0.2, 0.25) is 0 Å². The summed E-state index contributed by atoms with van der Waals surface area (Å²) in [6, 6.07) is 18.2. The molecule has 0 aliphatic heterocycles. The predicted octanol–water partition coefficient (Wildman–Crippen LogP) is 2.37. The largest absolute Gasteiger partial charge is 0.388 e. The molecular formula is C18H16O4. The van der Waals surface area contributed by atoms with Crippen molar-refractivity contribution in [2.45, 2.75) is 12.5 Å². The van der Waals surface area contributed by atoms with Crippen LogP contribution in [0.5, 0.6) is 0 Å². The summed E-state index contributed by atoms with van der Waals surface area (Å²) in [6.07, 6.45) is 1.44. The third-order valence-electron chi connectivity index (χ3n) is 2.96. The summed E-state index contributed by atoms with van der Waals surface area (Å²) < 4.78 is 4.59. The lowest BCUT2D eigenvalue weighted by Crippen LogP contribution is -2.27. The smallest absolute Gasteiger partial charge is 0.343 e. The van der Waals surface area contributed by atoms with E-state index in [0.717, 1.165) is 17.2 Å². The fraction of sp³-hybridized carbons (Fsp3) is 0.111. The van der Waals surface area contributed by atoms with Crippen LogP contribution in [0.25, 0.3) is 6.08 Å². The van der Waals surface area contributed by atoms with Crippen LogP contribution in [0.2, 0.25) is 0 Å². The number of esters is 2. The number of ether oxygens (including phenoxy) is 1. The van der Waals surface area contributed by atoms with Crippen molar-refractivity contribution >= 4 is 18.0 Å². The van der Waals surface area contributed by atoms with Crippen molar-refractivity contribution in [1.29, 1.82) is 0 Å². The Morgan fingerprint density at radius 3 is 2.23 bits per heavy atom. The van der Waals surface area contributed by atoms with Gasteiger partial charge < -0.3 is 9.84 Å². The van der Waals surface area contributed by atoms with Crippen molar-refractivity contribution < 1.29 is 19.4 Å². The molecule has 0 saturated carbocycles. The minimum Gasteiger partial charge on any atom is -0.388 e. The van der Waals surface area contributed by atoms with Gasteiger partial charge in [0.1, 0.15) is 0 Å². The molecule has 0 aromatic heterocycles. The number of aliphatic hydroxyl groups excluding tert-OH is 1. The first kappa shape index (κ1) is 15.7. The van der Waals surface area contributed by atoms with Gasteiger partial charge in [-0.15, -0.1) is 0 Å². The molecule has 0 aliphatic carbocycles. The van der Waals surface area contributed by atoms with Crippen molar-refractivity contribution in [3.8, 4) is 0 Å². The average molecular weight is 296 g/mol. The molecule has 4 nitrogen and oxygen atoms in total. The number of hydrogen-bond donors (Lipinski definition) is 1. The second-order valence-corrected chi connectivity index (χ2v) is 4.69. The Balaban J connectivity index is 1.85. The van der Waals surface area contributed by atoms with E-state index in [0.29, 0.717) is 0 Å². The van der Waals surface area contributed by atoms with Crippen LogP contribution in [-0.4, -0.2) is 23.1 Å². The monoisotopic (exact) mass is 296 g/mol. The molecule has 4 heteroatoms. The lowest BCUT2D eigenvalue weighted by molar-refractivity contribution is -0.162. The highest BCUT2D eigenvalue weighted by atomic mass is 16.6. The van der Waals surface area contributed by atoms with Gasteiger partial charge in [-0.25, -0.2) is 9.59 Å². The first-order chi connectivity index (χ1) is 10.6. The van der Waals surface area contributed by atoms with Gasteiger partial charge in [0.05, 0.1) is 0 Å². The van der Waals surface area contributed by atoms with Gasteiger partial charge in [0.15, 0.2) is 6.10 Å². The molecule has 1 atom stereocenters. The number of rotatable bonds is 5. The summed E-state index contributed by atoms with van der Waals surface area (Å²) in [5.41, 5.74) is 1.61. The van der Waals surface area contributed by atoms with Gasteiger partial charge in [0.25, 0.3) is 0 Å².